The number of nitrogens with zero attached hydrogens (tertiary/aromatic N) is 4. The quantitative estimate of drug-likeness (QED) is 0.0754. The summed E-state index contributed by atoms with van der Waals surface area (Å²) in [6.07, 6.45) is 14.9. The number of Topliss-reactive ketones (excluding diaryl/α,β-unsaturated/α-hetero) is 1. The third-order valence-electron chi connectivity index (χ3n) is 17.9. The summed E-state index contributed by atoms with van der Waals surface area (Å²) in [5, 5.41) is 7.77. The van der Waals surface area contributed by atoms with Gasteiger partial charge in [-0.1, -0.05) is 88.8 Å². The van der Waals surface area contributed by atoms with Gasteiger partial charge in [0.1, 0.15) is 23.5 Å². The Labute approximate surface area is 461 Å². The van der Waals surface area contributed by atoms with E-state index in [0.717, 1.165) is 105 Å². The summed E-state index contributed by atoms with van der Waals surface area (Å²) in [7, 11) is 1.76. The Hall–Kier alpha value is -6.02. The van der Waals surface area contributed by atoms with E-state index < -0.39 is 12.0 Å². The van der Waals surface area contributed by atoms with E-state index in [-0.39, 0.29) is 89.3 Å². The standard InChI is InChI=1S/C64H84F2N6O6/c1-5-43(2)60(74)68-59(48-16-10-7-11-17-48)64(78)72-35-13-19-56(72)42-70(37-33-46-22-30-54(66)31-23-46)62(76)52-27-25-49-38-51(26-24-50(49)39-52)61(75)69(36-32-45-20-28-53(65)29-21-45)41-55-18-12-34-71(55)63(77)57(40-58(73)44(3)67-4)47-14-8-6-9-15-47/h20-31,38-39,43-44,47-48,55-57,59,67H,5-19,32-37,40-42H2,1-4H3,(H,68,74)/t43-,44+,55+,56+,57+,59+/m1/s1. The first-order chi connectivity index (χ1) is 37.7. The molecule has 0 aromatic heterocycles. The van der Waals surface area contributed by atoms with E-state index in [4.69, 9.17) is 0 Å². The highest BCUT2D eigenvalue weighted by atomic mass is 19.1. The van der Waals surface area contributed by atoms with Gasteiger partial charge in [-0.15, -0.1) is 0 Å². The molecular formula is C64H84F2N6O6. The van der Waals surface area contributed by atoms with Gasteiger partial charge in [-0.05, 0) is 167 Å². The number of nitrogens with one attached hydrogen (secondary N) is 2. The van der Waals surface area contributed by atoms with Crippen LogP contribution in [0.2, 0.25) is 0 Å². The van der Waals surface area contributed by atoms with Gasteiger partial charge in [0.05, 0.1) is 6.04 Å². The van der Waals surface area contributed by atoms with Crippen LogP contribution in [0.4, 0.5) is 8.78 Å². The minimum absolute atomic E-state index is 0.0110. The van der Waals surface area contributed by atoms with Crippen LogP contribution in [-0.2, 0) is 32.0 Å². The van der Waals surface area contributed by atoms with Gasteiger partial charge in [0, 0.05) is 80.7 Å². The SMILES string of the molecule is CC[C@@H](C)C(=O)N[C@H](C(=O)N1CCC[C@H]1CN(CCc1ccc(F)cc1)C(=O)c1ccc2cc(C(=O)N(CCc3ccc(F)cc3)C[C@@H]3CCCN3C(=O)[C@@H](CC(=O)[C@H](C)NC)C3CCCCC3)ccc2c1)C1CCCCC1. The molecule has 4 fully saturated rings. The fraction of sp³-hybridized carbons (Fsp3) is 0.562. The molecular weight excluding hydrogens is 987 g/mol. The summed E-state index contributed by atoms with van der Waals surface area (Å²) in [5.74, 6) is -1.63. The number of amides is 5. The fourth-order valence-corrected chi connectivity index (χ4v) is 12.7. The van der Waals surface area contributed by atoms with Crippen LogP contribution < -0.4 is 10.6 Å². The number of hydrogen-bond acceptors (Lipinski definition) is 7. The summed E-state index contributed by atoms with van der Waals surface area (Å²) in [6, 6.07) is 22.1. The van der Waals surface area contributed by atoms with Crippen molar-refractivity contribution in [2.45, 2.75) is 161 Å². The third kappa shape index (κ3) is 14.8. The Balaban J connectivity index is 1.02. The van der Waals surface area contributed by atoms with Crippen molar-refractivity contribution in [2.75, 3.05) is 46.3 Å². The molecule has 5 amide bonds. The lowest BCUT2D eigenvalue weighted by molar-refractivity contribution is -0.141. The maximum absolute atomic E-state index is 14.9. The zero-order chi connectivity index (χ0) is 55.3. The zero-order valence-electron chi connectivity index (χ0n) is 46.7. The average Bonchev–Trinajstić information content (AvgIpc) is 4.17. The summed E-state index contributed by atoms with van der Waals surface area (Å²) >= 11 is 0. The first kappa shape index (κ1) is 58.1. The molecule has 420 valence electrons. The van der Waals surface area contributed by atoms with Crippen molar-refractivity contribution in [3.8, 4) is 0 Å². The van der Waals surface area contributed by atoms with Crippen molar-refractivity contribution in [1.29, 1.82) is 0 Å². The van der Waals surface area contributed by atoms with Crippen LogP contribution in [0.3, 0.4) is 0 Å². The second-order valence-corrected chi connectivity index (χ2v) is 23.1. The fourth-order valence-electron chi connectivity index (χ4n) is 12.7. The lowest BCUT2D eigenvalue weighted by atomic mass is 9.76. The minimum atomic E-state index is -0.615. The van der Waals surface area contributed by atoms with Crippen LogP contribution in [0.1, 0.15) is 155 Å². The van der Waals surface area contributed by atoms with E-state index in [1.807, 2.05) is 59.7 Å². The molecule has 78 heavy (non-hydrogen) atoms. The van der Waals surface area contributed by atoms with E-state index in [9.17, 15) is 37.5 Å². The van der Waals surface area contributed by atoms with Crippen molar-refractivity contribution < 1.29 is 37.5 Å². The molecule has 0 bridgehead atoms. The smallest absolute Gasteiger partial charge is 0.253 e. The number of benzene rings is 4. The van der Waals surface area contributed by atoms with Crippen LogP contribution in [0.5, 0.6) is 0 Å². The maximum atomic E-state index is 14.9. The predicted molar refractivity (Wildman–Crippen MR) is 302 cm³/mol. The molecule has 4 aliphatic rings. The van der Waals surface area contributed by atoms with Crippen molar-refractivity contribution >= 4 is 46.1 Å². The number of likely N-dealkylation sites (tertiary alicyclic amines) is 2. The van der Waals surface area contributed by atoms with Crippen LogP contribution in [0.15, 0.2) is 84.9 Å². The number of carbonyl (C=O) groups is 6. The molecule has 12 nitrogen and oxygen atoms in total. The Morgan fingerprint density at radius 2 is 1.05 bits per heavy atom. The number of fused-ring (bicyclic) bond motifs is 1. The van der Waals surface area contributed by atoms with Gasteiger partial charge in [0.25, 0.3) is 11.8 Å². The van der Waals surface area contributed by atoms with Crippen molar-refractivity contribution in [2.24, 2.45) is 23.7 Å². The number of likely N-dealkylation sites (N-methyl/N-ethyl adjacent to an activating group) is 1. The predicted octanol–water partition coefficient (Wildman–Crippen LogP) is 10.3. The van der Waals surface area contributed by atoms with Crippen molar-refractivity contribution in [3.63, 3.8) is 0 Å². The summed E-state index contributed by atoms with van der Waals surface area (Å²) < 4.78 is 28.0. The Morgan fingerprint density at radius 1 is 0.590 bits per heavy atom. The molecule has 2 heterocycles. The highest BCUT2D eigenvalue weighted by molar-refractivity contribution is 6.02. The van der Waals surface area contributed by atoms with Gasteiger partial charge in [-0.25, -0.2) is 8.78 Å². The topological polar surface area (TPSA) is 139 Å². The van der Waals surface area contributed by atoms with E-state index in [1.54, 1.807) is 48.3 Å². The van der Waals surface area contributed by atoms with Gasteiger partial charge in [-0.2, -0.15) is 0 Å². The van der Waals surface area contributed by atoms with E-state index in [1.165, 1.54) is 24.3 Å². The Bertz CT molecular complexity index is 2510. The summed E-state index contributed by atoms with van der Waals surface area (Å²) in [4.78, 5) is 93.4. The van der Waals surface area contributed by atoms with Crippen LogP contribution >= 0.6 is 0 Å². The largest absolute Gasteiger partial charge is 0.344 e. The molecule has 2 aliphatic carbocycles. The summed E-state index contributed by atoms with van der Waals surface area (Å²) in [6.45, 7) is 8.09. The number of ketones is 1. The second-order valence-electron chi connectivity index (χ2n) is 23.1. The number of halogens is 2. The molecule has 4 aromatic carbocycles. The molecule has 0 radical (unpaired) electrons. The lowest BCUT2D eigenvalue weighted by Gasteiger charge is -2.37. The number of rotatable bonds is 23. The molecule has 14 heteroatoms. The van der Waals surface area contributed by atoms with E-state index in [2.05, 4.69) is 10.6 Å². The van der Waals surface area contributed by atoms with E-state index in [0.29, 0.717) is 76.1 Å². The van der Waals surface area contributed by atoms with Crippen molar-refractivity contribution in [3.05, 3.63) is 119 Å². The molecule has 8 rings (SSSR count). The molecule has 4 aromatic rings. The Kier molecular flexibility index (Phi) is 20.7. The zero-order valence-corrected chi connectivity index (χ0v) is 46.7. The maximum Gasteiger partial charge on any atom is 0.253 e. The molecule has 2 saturated heterocycles. The molecule has 0 unspecified atom stereocenters. The van der Waals surface area contributed by atoms with Gasteiger partial charge in [0.15, 0.2) is 0 Å². The van der Waals surface area contributed by atoms with Gasteiger partial charge < -0.3 is 30.2 Å². The van der Waals surface area contributed by atoms with Gasteiger partial charge in [0.2, 0.25) is 17.7 Å². The average molecular weight is 1070 g/mol. The van der Waals surface area contributed by atoms with Crippen LogP contribution in [-0.4, -0.2) is 125 Å². The van der Waals surface area contributed by atoms with Crippen LogP contribution in [0.25, 0.3) is 10.8 Å². The molecule has 0 spiro atoms. The molecule has 2 saturated carbocycles. The number of carbonyl (C=O) groups excluding carboxylic acids is 6. The monoisotopic (exact) mass is 1070 g/mol. The summed E-state index contributed by atoms with van der Waals surface area (Å²) in [5.41, 5.74) is 2.68. The van der Waals surface area contributed by atoms with Crippen molar-refractivity contribution in [1.82, 2.24) is 30.2 Å². The lowest BCUT2D eigenvalue weighted by Crippen LogP contribution is -2.56. The van der Waals surface area contributed by atoms with Crippen LogP contribution in [0, 0.1) is 35.3 Å². The third-order valence-corrected chi connectivity index (χ3v) is 17.9. The highest BCUT2D eigenvalue weighted by Crippen LogP contribution is 2.36. The second kappa shape index (κ2) is 27.7. The normalized spacial score (nSPS) is 19.8. The highest BCUT2D eigenvalue weighted by Gasteiger charge is 2.42. The first-order valence-corrected chi connectivity index (χ1v) is 29.4. The first-order valence-electron chi connectivity index (χ1n) is 29.4. The van der Waals surface area contributed by atoms with Gasteiger partial charge in [-0.3, -0.25) is 28.8 Å². The van der Waals surface area contributed by atoms with Gasteiger partial charge >= 0.3 is 0 Å². The minimum Gasteiger partial charge on any atom is -0.344 e. The Morgan fingerprint density at radius 3 is 1.51 bits per heavy atom. The van der Waals surface area contributed by atoms with E-state index >= 15 is 0 Å². The number of hydrogen-bond donors (Lipinski definition) is 2. The molecule has 6 atom stereocenters. The molecule has 2 aliphatic heterocycles. The molecule has 2 N–H and O–H groups in total.